The van der Waals surface area contributed by atoms with Crippen molar-refractivity contribution in [2.24, 2.45) is 0 Å². The number of nitrogens with one attached hydrogen (secondary N) is 1. The number of nitrogens with zero attached hydrogens (tertiary/aromatic N) is 1. The number of ketones is 1. The van der Waals surface area contributed by atoms with Crippen LogP contribution in [-0.4, -0.2) is 29.4 Å². The fourth-order valence-corrected chi connectivity index (χ4v) is 2.97. The Labute approximate surface area is 131 Å². The Morgan fingerprint density at radius 2 is 1.87 bits per heavy atom. The number of ether oxygens (including phenoxy) is 1. The number of carbonyl (C=O) groups is 2. The number of aromatic nitrogens is 2. The van der Waals surface area contributed by atoms with Gasteiger partial charge in [0.2, 0.25) is 0 Å². The molecule has 0 radical (unpaired) electrons. The standard InChI is InChI=1S/C18H12N2O3/c1-23-12-7-5-10(6-8-12)16-15-17(20-19-16)13-4-2-3-11(9-21)14(13)18(15)22/h2-9H,1H3,(H,19,20). The van der Waals surface area contributed by atoms with Crippen LogP contribution in [0.3, 0.4) is 0 Å². The zero-order valence-electron chi connectivity index (χ0n) is 12.3. The van der Waals surface area contributed by atoms with Crippen molar-refractivity contribution in [3.8, 4) is 28.3 Å². The van der Waals surface area contributed by atoms with E-state index in [1.165, 1.54) is 0 Å². The van der Waals surface area contributed by atoms with Crippen LogP contribution in [0, 0.1) is 0 Å². The number of hydrogen-bond donors (Lipinski definition) is 1. The molecule has 2 aromatic carbocycles. The third-order valence-electron chi connectivity index (χ3n) is 4.08. The quantitative estimate of drug-likeness (QED) is 0.590. The molecule has 112 valence electrons. The smallest absolute Gasteiger partial charge is 0.198 e. The first-order valence-electron chi connectivity index (χ1n) is 7.10. The molecular formula is C18H12N2O3. The summed E-state index contributed by atoms with van der Waals surface area (Å²) in [4.78, 5) is 24.0. The SMILES string of the molecule is COc1ccc(-c2n[nH]c3c2C(=O)c2c(C=O)cccc2-3)cc1. The Hall–Kier alpha value is -3.21. The molecule has 0 saturated carbocycles. The normalized spacial score (nSPS) is 12.0. The van der Waals surface area contributed by atoms with E-state index in [1.54, 1.807) is 19.2 Å². The second kappa shape index (κ2) is 4.91. The van der Waals surface area contributed by atoms with Crippen LogP contribution in [0.1, 0.15) is 26.3 Å². The van der Waals surface area contributed by atoms with Crippen molar-refractivity contribution in [1.29, 1.82) is 0 Å². The lowest BCUT2D eigenvalue weighted by atomic mass is 10.0. The lowest BCUT2D eigenvalue weighted by Gasteiger charge is -2.03. The molecule has 1 aliphatic rings. The average molecular weight is 304 g/mol. The van der Waals surface area contributed by atoms with Crippen molar-refractivity contribution in [3.63, 3.8) is 0 Å². The number of H-pyrrole nitrogens is 1. The molecule has 1 aromatic heterocycles. The molecule has 23 heavy (non-hydrogen) atoms. The third kappa shape index (κ3) is 1.83. The van der Waals surface area contributed by atoms with E-state index in [-0.39, 0.29) is 5.78 Å². The zero-order chi connectivity index (χ0) is 16.0. The largest absolute Gasteiger partial charge is 0.497 e. The van der Waals surface area contributed by atoms with Gasteiger partial charge >= 0.3 is 0 Å². The summed E-state index contributed by atoms with van der Waals surface area (Å²) in [6.45, 7) is 0. The summed E-state index contributed by atoms with van der Waals surface area (Å²) in [5.74, 6) is 0.566. The second-order valence-corrected chi connectivity index (χ2v) is 5.27. The fourth-order valence-electron chi connectivity index (χ4n) is 2.97. The van der Waals surface area contributed by atoms with Crippen LogP contribution in [0.5, 0.6) is 5.75 Å². The molecule has 3 aromatic rings. The van der Waals surface area contributed by atoms with Crippen LogP contribution in [0.4, 0.5) is 0 Å². The van der Waals surface area contributed by atoms with E-state index in [0.29, 0.717) is 34.4 Å². The predicted molar refractivity (Wildman–Crippen MR) is 84.8 cm³/mol. The van der Waals surface area contributed by atoms with Crippen molar-refractivity contribution in [2.75, 3.05) is 7.11 Å². The van der Waals surface area contributed by atoms with Gasteiger partial charge in [-0.3, -0.25) is 14.7 Å². The van der Waals surface area contributed by atoms with E-state index in [1.807, 2.05) is 30.3 Å². The van der Waals surface area contributed by atoms with Gasteiger partial charge in [0.05, 0.1) is 18.4 Å². The first-order chi connectivity index (χ1) is 11.2. The van der Waals surface area contributed by atoms with Gasteiger partial charge in [-0.1, -0.05) is 18.2 Å². The number of fused-ring (bicyclic) bond motifs is 3. The summed E-state index contributed by atoms with van der Waals surface area (Å²) in [6, 6.07) is 12.6. The van der Waals surface area contributed by atoms with Crippen LogP contribution >= 0.6 is 0 Å². The lowest BCUT2D eigenvalue weighted by molar-refractivity contribution is 0.103. The number of benzene rings is 2. The second-order valence-electron chi connectivity index (χ2n) is 5.27. The van der Waals surface area contributed by atoms with E-state index in [9.17, 15) is 9.59 Å². The highest BCUT2D eigenvalue weighted by Crippen LogP contribution is 2.41. The third-order valence-corrected chi connectivity index (χ3v) is 4.08. The first kappa shape index (κ1) is 13.5. The van der Waals surface area contributed by atoms with Gasteiger partial charge in [0.1, 0.15) is 11.4 Å². The van der Waals surface area contributed by atoms with Gasteiger partial charge in [-0.25, -0.2) is 0 Å². The van der Waals surface area contributed by atoms with Crippen LogP contribution in [0.15, 0.2) is 42.5 Å². The number of rotatable bonds is 3. The van der Waals surface area contributed by atoms with Crippen molar-refractivity contribution < 1.29 is 14.3 Å². The number of aromatic amines is 1. The molecule has 1 aliphatic carbocycles. The Kier molecular flexibility index (Phi) is 2.87. The summed E-state index contributed by atoms with van der Waals surface area (Å²) in [7, 11) is 1.60. The Bertz CT molecular complexity index is 939. The highest BCUT2D eigenvalue weighted by atomic mass is 16.5. The van der Waals surface area contributed by atoms with Crippen LogP contribution in [-0.2, 0) is 0 Å². The van der Waals surface area contributed by atoms with E-state index in [2.05, 4.69) is 10.2 Å². The van der Waals surface area contributed by atoms with Gasteiger partial charge in [-0.15, -0.1) is 0 Å². The maximum absolute atomic E-state index is 12.8. The molecule has 4 rings (SSSR count). The van der Waals surface area contributed by atoms with Gasteiger partial charge in [0, 0.05) is 22.3 Å². The summed E-state index contributed by atoms with van der Waals surface area (Å²) in [5.41, 5.74) is 4.15. The number of aldehydes is 1. The molecule has 5 heteroatoms. The van der Waals surface area contributed by atoms with Crippen molar-refractivity contribution in [2.45, 2.75) is 0 Å². The van der Waals surface area contributed by atoms with Gasteiger partial charge in [-0.05, 0) is 24.3 Å². The van der Waals surface area contributed by atoms with Crippen LogP contribution in [0.2, 0.25) is 0 Å². The zero-order valence-corrected chi connectivity index (χ0v) is 12.3. The minimum atomic E-state index is -0.169. The maximum atomic E-state index is 12.8. The summed E-state index contributed by atoms with van der Waals surface area (Å²) in [6.07, 6.45) is 0.711. The van der Waals surface area contributed by atoms with Crippen molar-refractivity contribution >= 4 is 12.1 Å². The van der Waals surface area contributed by atoms with E-state index >= 15 is 0 Å². The Balaban J connectivity index is 1.89. The number of methoxy groups -OCH3 is 1. The molecule has 0 atom stereocenters. The Morgan fingerprint density at radius 1 is 1.09 bits per heavy atom. The molecule has 0 aliphatic heterocycles. The molecule has 5 nitrogen and oxygen atoms in total. The first-order valence-corrected chi connectivity index (χ1v) is 7.10. The molecule has 0 spiro atoms. The van der Waals surface area contributed by atoms with Crippen LogP contribution in [0.25, 0.3) is 22.5 Å². The molecular weight excluding hydrogens is 292 g/mol. The molecule has 1 heterocycles. The highest BCUT2D eigenvalue weighted by Gasteiger charge is 2.34. The lowest BCUT2D eigenvalue weighted by Crippen LogP contribution is -2.01. The molecule has 0 fully saturated rings. The fraction of sp³-hybridized carbons (Fsp3) is 0.0556. The minimum absolute atomic E-state index is 0.169. The molecule has 0 saturated heterocycles. The van der Waals surface area contributed by atoms with Crippen molar-refractivity contribution in [1.82, 2.24) is 10.2 Å². The van der Waals surface area contributed by atoms with E-state index in [4.69, 9.17) is 4.74 Å². The van der Waals surface area contributed by atoms with E-state index < -0.39 is 0 Å². The summed E-state index contributed by atoms with van der Waals surface area (Å²) < 4.78 is 5.15. The molecule has 0 amide bonds. The van der Waals surface area contributed by atoms with Gasteiger partial charge < -0.3 is 4.74 Å². The Morgan fingerprint density at radius 3 is 2.57 bits per heavy atom. The van der Waals surface area contributed by atoms with Gasteiger partial charge in [0.15, 0.2) is 12.1 Å². The predicted octanol–water partition coefficient (Wildman–Crippen LogP) is 3.11. The summed E-state index contributed by atoms with van der Waals surface area (Å²) in [5, 5.41) is 7.23. The van der Waals surface area contributed by atoms with Crippen LogP contribution < -0.4 is 4.74 Å². The summed E-state index contributed by atoms with van der Waals surface area (Å²) >= 11 is 0. The van der Waals surface area contributed by atoms with Gasteiger partial charge in [0.25, 0.3) is 0 Å². The maximum Gasteiger partial charge on any atom is 0.198 e. The topological polar surface area (TPSA) is 72.0 Å². The molecule has 0 bridgehead atoms. The molecule has 1 N–H and O–H groups in total. The average Bonchev–Trinajstić information content (AvgIpc) is 3.15. The van der Waals surface area contributed by atoms with E-state index in [0.717, 1.165) is 16.9 Å². The number of carbonyl (C=O) groups excluding carboxylic acids is 2. The molecule has 0 unspecified atom stereocenters. The minimum Gasteiger partial charge on any atom is -0.497 e. The monoisotopic (exact) mass is 304 g/mol. The van der Waals surface area contributed by atoms with Gasteiger partial charge in [-0.2, -0.15) is 5.10 Å². The highest BCUT2D eigenvalue weighted by molar-refractivity contribution is 6.26. The number of hydrogen-bond acceptors (Lipinski definition) is 4. The van der Waals surface area contributed by atoms with Crippen molar-refractivity contribution in [3.05, 3.63) is 59.2 Å².